The fourth-order valence-electron chi connectivity index (χ4n) is 2.62. The minimum absolute atomic E-state index is 0.283. The number of unbranched alkanes of at least 4 members (excludes halogenated alkanes) is 3. The van der Waals surface area contributed by atoms with Crippen molar-refractivity contribution in [1.29, 1.82) is 0 Å². The van der Waals surface area contributed by atoms with Gasteiger partial charge in [0.15, 0.2) is 0 Å². The lowest BCUT2D eigenvalue weighted by Crippen LogP contribution is -2.44. The Kier molecular flexibility index (Phi) is 6.37. The minimum atomic E-state index is -0.411. The first-order valence-corrected chi connectivity index (χ1v) is 7.11. The molecular weight excluding hydrogens is 222 g/mol. The van der Waals surface area contributed by atoms with Crippen LogP contribution >= 0.6 is 0 Å². The van der Waals surface area contributed by atoms with Crippen LogP contribution in [0.25, 0.3) is 0 Å². The molecule has 1 aromatic carbocycles. The molecule has 0 heterocycles. The van der Waals surface area contributed by atoms with Crippen LogP contribution in [0.3, 0.4) is 0 Å². The summed E-state index contributed by atoms with van der Waals surface area (Å²) in [6.45, 7) is 4.57. The minimum Gasteiger partial charge on any atom is -0.392 e. The Morgan fingerprint density at radius 3 is 2.33 bits per heavy atom. The van der Waals surface area contributed by atoms with Crippen LogP contribution < -0.4 is 5.73 Å². The lowest BCUT2D eigenvalue weighted by atomic mass is 9.72. The number of aliphatic hydroxyl groups is 1. The lowest BCUT2D eigenvalue weighted by molar-refractivity contribution is 0.0922. The Balaban J connectivity index is 2.82. The van der Waals surface area contributed by atoms with Crippen LogP contribution in [0.5, 0.6) is 0 Å². The fourth-order valence-corrected chi connectivity index (χ4v) is 2.62. The van der Waals surface area contributed by atoms with Crippen LogP contribution in [0.1, 0.15) is 51.5 Å². The van der Waals surface area contributed by atoms with E-state index in [0.717, 1.165) is 12.8 Å². The van der Waals surface area contributed by atoms with Gasteiger partial charge in [-0.15, -0.1) is 0 Å². The first kappa shape index (κ1) is 15.2. The molecule has 0 bridgehead atoms. The van der Waals surface area contributed by atoms with Gasteiger partial charge in [0.05, 0.1) is 6.10 Å². The highest BCUT2D eigenvalue weighted by molar-refractivity contribution is 5.27. The Labute approximate surface area is 111 Å². The molecule has 0 aliphatic carbocycles. The van der Waals surface area contributed by atoms with Crippen LogP contribution in [0.4, 0.5) is 0 Å². The smallest absolute Gasteiger partial charge is 0.0620 e. The van der Waals surface area contributed by atoms with E-state index in [0.29, 0.717) is 6.54 Å². The zero-order valence-electron chi connectivity index (χ0n) is 11.7. The highest BCUT2D eigenvalue weighted by Crippen LogP contribution is 2.33. The van der Waals surface area contributed by atoms with Crippen molar-refractivity contribution in [2.24, 2.45) is 5.73 Å². The van der Waals surface area contributed by atoms with Gasteiger partial charge in [0, 0.05) is 12.0 Å². The molecule has 2 atom stereocenters. The Hall–Kier alpha value is -0.860. The van der Waals surface area contributed by atoms with Gasteiger partial charge < -0.3 is 10.8 Å². The number of aliphatic hydroxyl groups excluding tert-OH is 1. The topological polar surface area (TPSA) is 46.2 Å². The summed E-state index contributed by atoms with van der Waals surface area (Å²) in [5, 5.41) is 10.2. The third-order valence-electron chi connectivity index (χ3n) is 3.99. The quantitative estimate of drug-likeness (QED) is 0.695. The summed E-state index contributed by atoms with van der Waals surface area (Å²) in [5.41, 5.74) is 6.88. The molecule has 0 aromatic heterocycles. The van der Waals surface area contributed by atoms with E-state index in [1.807, 2.05) is 25.1 Å². The molecule has 0 fully saturated rings. The molecule has 1 aromatic rings. The Morgan fingerprint density at radius 2 is 1.83 bits per heavy atom. The van der Waals surface area contributed by atoms with E-state index in [-0.39, 0.29) is 5.41 Å². The highest BCUT2D eigenvalue weighted by atomic mass is 16.3. The van der Waals surface area contributed by atoms with E-state index in [2.05, 4.69) is 19.1 Å². The van der Waals surface area contributed by atoms with Crippen molar-refractivity contribution in [2.75, 3.05) is 6.54 Å². The summed E-state index contributed by atoms with van der Waals surface area (Å²) in [7, 11) is 0. The van der Waals surface area contributed by atoms with Crippen molar-refractivity contribution < 1.29 is 5.11 Å². The second kappa shape index (κ2) is 7.55. The molecule has 3 N–H and O–H groups in total. The molecule has 2 nitrogen and oxygen atoms in total. The van der Waals surface area contributed by atoms with E-state index in [1.54, 1.807) is 0 Å². The van der Waals surface area contributed by atoms with Crippen molar-refractivity contribution in [3.05, 3.63) is 35.9 Å². The monoisotopic (exact) mass is 249 g/mol. The first-order chi connectivity index (χ1) is 8.67. The van der Waals surface area contributed by atoms with Gasteiger partial charge in [-0.05, 0) is 18.9 Å². The first-order valence-electron chi connectivity index (χ1n) is 7.11. The number of nitrogens with two attached hydrogens (primary N) is 1. The van der Waals surface area contributed by atoms with Gasteiger partial charge in [-0.2, -0.15) is 0 Å². The molecule has 18 heavy (non-hydrogen) atoms. The molecule has 0 aliphatic rings. The van der Waals surface area contributed by atoms with Crippen molar-refractivity contribution in [3.63, 3.8) is 0 Å². The van der Waals surface area contributed by atoms with Gasteiger partial charge in [-0.25, -0.2) is 0 Å². The fraction of sp³-hybridized carbons (Fsp3) is 0.625. The molecule has 102 valence electrons. The molecule has 0 saturated heterocycles. The third-order valence-corrected chi connectivity index (χ3v) is 3.99. The van der Waals surface area contributed by atoms with Crippen LogP contribution in [0.2, 0.25) is 0 Å². The maximum Gasteiger partial charge on any atom is 0.0620 e. The third kappa shape index (κ3) is 3.56. The molecule has 1 rings (SSSR count). The number of hydrogen-bond acceptors (Lipinski definition) is 2. The Morgan fingerprint density at radius 1 is 1.17 bits per heavy atom. The van der Waals surface area contributed by atoms with Crippen LogP contribution in [-0.4, -0.2) is 17.8 Å². The van der Waals surface area contributed by atoms with Crippen molar-refractivity contribution >= 4 is 0 Å². The lowest BCUT2D eigenvalue weighted by Gasteiger charge is -2.36. The molecule has 0 radical (unpaired) electrons. The summed E-state index contributed by atoms with van der Waals surface area (Å²) >= 11 is 0. The summed E-state index contributed by atoms with van der Waals surface area (Å²) in [6.07, 6.45) is 5.39. The van der Waals surface area contributed by atoms with E-state index >= 15 is 0 Å². The van der Waals surface area contributed by atoms with Crippen molar-refractivity contribution in [3.8, 4) is 0 Å². The van der Waals surface area contributed by atoms with Crippen molar-refractivity contribution in [2.45, 2.75) is 57.5 Å². The van der Waals surface area contributed by atoms with Crippen LogP contribution in [0.15, 0.2) is 30.3 Å². The molecule has 2 unspecified atom stereocenters. The highest BCUT2D eigenvalue weighted by Gasteiger charge is 2.35. The average Bonchev–Trinajstić information content (AvgIpc) is 2.40. The van der Waals surface area contributed by atoms with Gasteiger partial charge in [0.2, 0.25) is 0 Å². The Bertz CT molecular complexity index is 323. The van der Waals surface area contributed by atoms with Gasteiger partial charge in [0.25, 0.3) is 0 Å². The largest absolute Gasteiger partial charge is 0.392 e. The van der Waals surface area contributed by atoms with Gasteiger partial charge in [-0.3, -0.25) is 0 Å². The second-order valence-electron chi connectivity index (χ2n) is 5.21. The van der Waals surface area contributed by atoms with Crippen LogP contribution in [-0.2, 0) is 5.41 Å². The van der Waals surface area contributed by atoms with E-state index in [9.17, 15) is 5.11 Å². The van der Waals surface area contributed by atoms with Gasteiger partial charge in [0.1, 0.15) is 0 Å². The number of benzene rings is 1. The SMILES string of the molecule is CCCCCCC(CN)(c1ccccc1)C(C)O. The van der Waals surface area contributed by atoms with E-state index in [4.69, 9.17) is 5.73 Å². The maximum atomic E-state index is 10.2. The molecule has 0 aliphatic heterocycles. The zero-order chi connectivity index (χ0) is 13.4. The van der Waals surface area contributed by atoms with E-state index in [1.165, 1.54) is 24.8 Å². The zero-order valence-corrected chi connectivity index (χ0v) is 11.7. The van der Waals surface area contributed by atoms with Crippen LogP contribution in [0, 0.1) is 0 Å². The number of hydrogen-bond donors (Lipinski definition) is 2. The summed E-state index contributed by atoms with van der Waals surface area (Å²) in [4.78, 5) is 0. The number of rotatable bonds is 8. The molecule has 0 amide bonds. The summed E-state index contributed by atoms with van der Waals surface area (Å²) < 4.78 is 0. The molecule has 2 heteroatoms. The molecule has 0 spiro atoms. The summed E-state index contributed by atoms with van der Waals surface area (Å²) in [6, 6.07) is 10.2. The standard InChI is InChI=1S/C16H27NO/c1-3-4-5-9-12-16(13-17,14(2)18)15-10-7-6-8-11-15/h6-8,10-11,14,18H,3-5,9,12-13,17H2,1-2H3. The maximum absolute atomic E-state index is 10.2. The second-order valence-corrected chi connectivity index (χ2v) is 5.21. The van der Waals surface area contributed by atoms with Gasteiger partial charge >= 0.3 is 0 Å². The predicted molar refractivity (Wildman–Crippen MR) is 77.6 cm³/mol. The normalized spacial score (nSPS) is 16.2. The van der Waals surface area contributed by atoms with E-state index < -0.39 is 6.10 Å². The predicted octanol–water partition coefficient (Wildman–Crippen LogP) is 3.23. The van der Waals surface area contributed by atoms with Gasteiger partial charge in [-0.1, -0.05) is 62.9 Å². The summed E-state index contributed by atoms with van der Waals surface area (Å²) in [5.74, 6) is 0. The molecule has 0 saturated carbocycles. The average molecular weight is 249 g/mol. The van der Waals surface area contributed by atoms with Crippen molar-refractivity contribution in [1.82, 2.24) is 0 Å². The molecular formula is C16H27NO.